The van der Waals surface area contributed by atoms with Crippen molar-refractivity contribution in [2.45, 2.75) is 13.5 Å². The molecule has 0 aliphatic rings. The van der Waals surface area contributed by atoms with Crippen LogP contribution in [0.3, 0.4) is 0 Å². The summed E-state index contributed by atoms with van der Waals surface area (Å²) in [5.41, 5.74) is 5.21. The summed E-state index contributed by atoms with van der Waals surface area (Å²) < 4.78 is 1.79. The predicted molar refractivity (Wildman–Crippen MR) is 118 cm³/mol. The SMILES string of the molecule is CCn1nnc2cc(C(=O)Nc3ccc4nc(-c5ccccc5Cl)[nH]c4c3)ccc21. The summed E-state index contributed by atoms with van der Waals surface area (Å²) in [6.45, 7) is 2.72. The summed E-state index contributed by atoms with van der Waals surface area (Å²) in [5, 5.41) is 11.8. The summed E-state index contributed by atoms with van der Waals surface area (Å²) in [7, 11) is 0. The third kappa shape index (κ3) is 3.19. The number of carbonyl (C=O) groups excluding carboxylic acids is 1. The molecule has 0 saturated heterocycles. The van der Waals surface area contributed by atoms with Crippen LogP contribution in [0.1, 0.15) is 17.3 Å². The van der Waals surface area contributed by atoms with E-state index in [1.54, 1.807) is 16.8 Å². The molecule has 0 radical (unpaired) electrons. The number of imidazole rings is 1. The number of aromatic amines is 1. The molecule has 5 aromatic rings. The summed E-state index contributed by atoms with van der Waals surface area (Å²) in [5.74, 6) is 0.469. The van der Waals surface area contributed by atoms with Gasteiger partial charge < -0.3 is 10.3 Å². The molecule has 0 unspecified atom stereocenters. The lowest BCUT2D eigenvalue weighted by Gasteiger charge is -2.05. The van der Waals surface area contributed by atoms with Crippen LogP contribution < -0.4 is 5.32 Å². The fourth-order valence-electron chi connectivity index (χ4n) is 3.42. The Hall–Kier alpha value is -3.71. The van der Waals surface area contributed by atoms with E-state index in [0.29, 0.717) is 27.6 Å². The summed E-state index contributed by atoms with van der Waals surface area (Å²) in [6.07, 6.45) is 0. The summed E-state index contributed by atoms with van der Waals surface area (Å²) in [6, 6.07) is 18.4. The van der Waals surface area contributed by atoms with Gasteiger partial charge >= 0.3 is 0 Å². The smallest absolute Gasteiger partial charge is 0.255 e. The molecule has 148 valence electrons. The molecule has 2 heterocycles. The number of H-pyrrole nitrogens is 1. The van der Waals surface area contributed by atoms with E-state index in [1.807, 2.05) is 55.5 Å². The summed E-state index contributed by atoms with van der Waals surface area (Å²) in [4.78, 5) is 20.6. The predicted octanol–water partition coefficient (Wildman–Crippen LogP) is 4.90. The van der Waals surface area contributed by atoms with Gasteiger partial charge in [-0.1, -0.05) is 28.9 Å². The molecule has 0 fully saturated rings. The van der Waals surface area contributed by atoms with Crippen LogP contribution in [0.15, 0.2) is 60.7 Å². The second kappa shape index (κ2) is 7.27. The Balaban J connectivity index is 1.42. The molecular formula is C22H17ClN6O. The molecule has 2 aromatic heterocycles. The van der Waals surface area contributed by atoms with Crippen LogP contribution in [-0.2, 0) is 6.54 Å². The third-order valence-corrected chi connectivity index (χ3v) is 5.27. The van der Waals surface area contributed by atoms with Crippen LogP contribution >= 0.6 is 11.6 Å². The third-order valence-electron chi connectivity index (χ3n) is 4.94. The first-order valence-corrected chi connectivity index (χ1v) is 9.89. The van der Waals surface area contributed by atoms with Gasteiger partial charge in [-0.05, 0) is 55.5 Å². The monoisotopic (exact) mass is 416 g/mol. The number of amides is 1. The van der Waals surface area contributed by atoms with Crippen molar-refractivity contribution < 1.29 is 4.79 Å². The van der Waals surface area contributed by atoms with Crippen LogP contribution in [0, 0.1) is 0 Å². The quantitative estimate of drug-likeness (QED) is 0.436. The average molecular weight is 417 g/mol. The number of nitrogens with one attached hydrogen (secondary N) is 2. The van der Waals surface area contributed by atoms with Crippen LogP contribution in [0.4, 0.5) is 5.69 Å². The number of nitrogens with zero attached hydrogens (tertiary/aromatic N) is 4. The lowest BCUT2D eigenvalue weighted by molar-refractivity contribution is 0.102. The molecule has 0 aliphatic heterocycles. The number of halogens is 1. The number of rotatable bonds is 4. The van der Waals surface area contributed by atoms with E-state index in [1.165, 1.54) is 0 Å². The molecule has 0 saturated carbocycles. The number of aryl methyl sites for hydroxylation is 1. The summed E-state index contributed by atoms with van der Waals surface area (Å²) >= 11 is 6.28. The maximum Gasteiger partial charge on any atom is 0.255 e. The zero-order valence-electron chi connectivity index (χ0n) is 16.1. The fourth-order valence-corrected chi connectivity index (χ4v) is 3.64. The Morgan fingerprint density at radius 3 is 2.80 bits per heavy atom. The second-order valence-corrected chi connectivity index (χ2v) is 7.27. The molecule has 1 amide bonds. The zero-order valence-corrected chi connectivity index (χ0v) is 16.8. The first-order valence-electron chi connectivity index (χ1n) is 9.51. The molecule has 2 N–H and O–H groups in total. The molecule has 7 nitrogen and oxygen atoms in total. The van der Waals surface area contributed by atoms with Crippen molar-refractivity contribution in [2.24, 2.45) is 0 Å². The van der Waals surface area contributed by atoms with Gasteiger partial charge in [-0.2, -0.15) is 0 Å². The standard InChI is InChI=1S/C22H17ClN6O/c1-2-29-20-10-7-13(11-19(20)27-28-29)22(30)24-14-8-9-17-18(12-14)26-21(25-17)15-5-3-4-6-16(15)23/h3-12H,2H2,1H3,(H,24,30)(H,25,26). The minimum Gasteiger partial charge on any atom is -0.338 e. The van der Waals surface area contributed by atoms with E-state index in [2.05, 4.69) is 25.6 Å². The molecule has 0 atom stereocenters. The van der Waals surface area contributed by atoms with E-state index in [9.17, 15) is 4.79 Å². The number of hydrogen-bond acceptors (Lipinski definition) is 4. The Labute approximate surface area is 176 Å². The van der Waals surface area contributed by atoms with Crippen LogP contribution in [0.5, 0.6) is 0 Å². The van der Waals surface area contributed by atoms with E-state index >= 15 is 0 Å². The van der Waals surface area contributed by atoms with Crippen molar-refractivity contribution in [1.29, 1.82) is 0 Å². The molecule has 0 aliphatic carbocycles. The molecule has 0 spiro atoms. The first-order chi connectivity index (χ1) is 14.6. The molecule has 5 rings (SSSR count). The minimum atomic E-state index is -0.215. The van der Waals surface area contributed by atoms with Crippen molar-refractivity contribution in [3.63, 3.8) is 0 Å². The van der Waals surface area contributed by atoms with Crippen molar-refractivity contribution >= 4 is 45.3 Å². The highest BCUT2D eigenvalue weighted by Crippen LogP contribution is 2.28. The van der Waals surface area contributed by atoms with Crippen LogP contribution in [0.25, 0.3) is 33.5 Å². The normalized spacial score (nSPS) is 11.3. The average Bonchev–Trinajstić information content (AvgIpc) is 3.36. The van der Waals surface area contributed by atoms with Gasteiger partial charge in [0.15, 0.2) is 0 Å². The van der Waals surface area contributed by atoms with Gasteiger partial charge in [0, 0.05) is 23.4 Å². The van der Waals surface area contributed by atoms with Gasteiger partial charge in [0.05, 0.1) is 21.6 Å². The molecule has 0 bridgehead atoms. The van der Waals surface area contributed by atoms with Gasteiger partial charge in [0.2, 0.25) is 0 Å². The largest absolute Gasteiger partial charge is 0.338 e. The van der Waals surface area contributed by atoms with E-state index < -0.39 is 0 Å². The zero-order chi connectivity index (χ0) is 20.7. The van der Waals surface area contributed by atoms with E-state index in [-0.39, 0.29) is 5.91 Å². The van der Waals surface area contributed by atoms with Crippen LogP contribution in [-0.4, -0.2) is 30.9 Å². The molecule has 8 heteroatoms. The minimum absolute atomic E-state index is 0.215. The van der Waals surface area contributed by atoms with Gasteiger partial charge in [-0.25, -0.2) is 9.67 Å². The highest BCUT2D eigenvalue weighted by molar-refractivity contribution is 6.33. The Morgan fingerprint density at radius 1 is 1.10 bits per heavy atom. The molecule has 3 aromatic carbocycles. The number of aromatic nitrogens is 5. The lowest BCUT2D eigenvalue weighted by atomic mass is 10.1. The van der Waals surface area contributed by atoms with Crippen LogP contribution in [0.2, 0.25) is 5.02 Å². The lowest BCUT2D eigenvalue weighted by Crippen LogP contribution is -2.11. The first kappa shape index (κ1) is 18.3. The number of carbonyl (C=O) groups is 1. The number of hydrogen-bond donors (Lipinski definition) is 2. The van der Waals surface area contributed by atoms with Gasteiger partial charge in [0.25, 0.3) is 5.91 Å². The van der Waals surface area contributed by atoms with Crippen molar-refractivity contribution in [3.05, 3.63) is 71.2 Å². The van der Waals surface area contributed by atoms with Gasteiger partial charge in [0.1, 0.15) is 11.3 Å². The highest BCUT2D eigenvalue weighted by Gasteiger charge is 2.12. The number of anilines is 1. The highest BCUT2D eigenvalue weighted by atomic mass is 35.5. The maximum absolute atomic E-state index is 12.7. The molecule has 30 heavy (non-hydrogen) atoms. The second-order valence-electron chi connectivity index (χ2n) is 6.86. The Bertz CT molecular complexity index is 1400. The Kier molecular flexibility index (Phi) is 4.44. The maximum atomic E-state index is 12.7. The van der Waals surface area contributed by atoms with Crippen molar-refractivity contribution in [2.75, 3.05) is 5.32 Å². The number of fused-ring (bicyclic) bond motifs is 2. The van der Waals surface area contributed by atoms with E-state index in [0.717, 1.165) is 28.7 Å². The molecular weight excluding hydrogens is 400 g/mol. The van der Waals surface area contributed by atoms with Crippen molar-refractivity contribution in [1.82, 2.24) is 25.0 Å². The van der Waals surface area contributed by atoms with E-state index in [4.69, 9.17) is 11.6 Å². The fraction of sp³-hybridized carbons (Fsp3) is 0.0909. The van der Waals surface area contributed by atoms with Gasteiger partial charge in [-0.3, -0.25) is 4.79 Å². The van der Waals surface area contributed by atoms with Crippen molar-refractivity contribution in [3.8, 4) is 11.4 Å². The van der Waals surface area contributed by atoms with Gasteiger partial charge in [-0.15, -0.1) is 5.10 Å². The Morgan fingerprint density at radius 2 is 1.97 bits per heavy atom. The number of benzene rings is 3. The topological polar surface area (TPSA) is 88.5 Å².